The van der Waals surface area contributed by atoms with E-state index in [1.807, 2.05) is 10.6 Å². The molecule has 2 fully saturated rings. The van der Waals surface area contributed by atoms with Crippen LogP contribution in [0.25, 0.3) is 0 Å². The third-order valence-corrected chi connectivity index (χ3v) is 6.51. The summed E-state index contributed by atoms with van der Waals surface area (Å²) in [6.07, 6.45) is -2.02. The Morgan fingerprint density at radius 1 is 0.783 bits per heavy atom. The van der Waals surface area contributed by atoms with Crippen LogP contribution in [0.15, 0.2) is 60.7 Å². The zero-order valence-electron chi connectivity index (χ0n) is 25.1. The molecule has 0 radical (unpaired) electrons. The summed E-state index contributed by atoms with van der Waals surface area (Å²) < 4.78 is 20.4. The maximum absolute atomic E-state index is 13.1. The first-order chi connectivity index (χ1) is 22.0. The molecule has 2 heterocycles. The van der Waals surface area contributed by atoms with Gasteiger partial charge < -0.3 is 18.9 Å². The molecule has 2 aliphatic heterocycles. The SMILES string of the molecule is CCC(=O)OC1(N(CC(=O)OCc2ccccc2)C(=O)OCc2ccccc2)CC(=O)NC1=O.CCOC(=O)C1CC(=O)NC1=O. The number of ether oxygens (including phenoxy) is 4. The Morgan fingerprint density at radius 2 is 1.37 bits per heavy atom. The van der Waals surface area contributed by atoms with Gasteiger partial charge in [0.25, 0.3) is 11.6 Å². The van der Waals surface area contributed by atoms with Gasteiger partial charge in [-0.15, -0.1) is 0 Å². The second-order valence-electron chi connectivity index (χ2n) is 9.86. The summed E-state index contributed by atoms with van der Waals surface area (Å²) in [7, 11) is 0. The number of nitrogens with zero attached hydrogens (tertiary/aromatic N) is 1. The second kappa shape index (κ2) is 16.5. The Hall–Kier alpha value is -5.60. The summed E-state index contributed by atoms with van der Waals surface area (Å²) >= 11 is 0. The molecule has 2 aromatic carbocycles. The average Bonchev–Trinajstić information content (AvgIpc) is 3.54. The topological polar surface area (TPSA) is 201 Å². The fourth-order valence-corrected chi connectivity index (χ4v) is 4.22. The van der Waals surface area contributed by atoms with E-state index in [9.17, 15) is 38.4 Å². The Bertz CT molecular complexity index is 1460. The molecular formula is C31H33N3O12. The van der Waals surface area contributed by atoms with Gasteiger partial charge >= 0.3 is 24.0 Å². The molecule has 244 valence electrons. The number of benzene rings is 2. The molecular weight excluding hydrogens is 606 g/mol. The monoisotopic (exact) mass is 639 g/mol. The number of imide groups is 2. The molecule has 0 aromatic heterocycles. The first kappa shape index (κ1) is 34.9. The lowest BCUT2D eigenvalue weighted by Gasteiger charge is -2.35. The molecule has 0 spiro atoms. The molecule has 2 aromatic rings. The van der Waals surface area contributed by atoms with Crippen LogP contribution >= 0.6 is 0 Å². The Morgan fingerprint density at radius 3 is 1.85 bits per heavy atom. The van der Waals surface area contributed by atoms with Gasteiger partial charge in [-0.05, 0) is 18.1 Å². The predicted octanol–water partition coefficient (Wildman–Crippen LogP) is 1.28. The third-order valence-electron chi connectivity index (χ3n) is 6.51. The minimum Gasteiger partial charge on any atom is -0.465 e. The zero-order chi connectivity index (χ0) is 33.7. The van der Waals surface area contributed by atoms with Crippen molar-refractivity contribution in [1.82, 2.24) is 15.5 Å². The highest BCUT2D eigenvalue weighted by Gasteiger charge is 2.58. The summed E-state index contributed by atoms with van der Waals surface area (Å²) in [4.78, 5) is 95.6. The summed E-state index contributed by atoms with van der Waals surface area (Å²) in [5.41, 5.74) is -1.02. The molecule has 15 heteroatoms. The highest BCUT2D eigenvalue weighted by molar-refractivity contribution is 6.12. The first-order valence-electron chi connectivity index (χ1n) is 14.2. The second-order valence-corrected chi connectivity index (χ2v) is 9.86. The van der Waals surface area contributed by atoms with Crippen LogP contribution in [0, 0.1) is 5.92 Å². The number of amides is 5. The molecule has 2 unspecified atom stereocenters. The van der Waals surface area contributed by atoms with Gasteiger partial charge in [-0.2, -0.15) is 0 Å². The van der Waals surface area contributed by atoms with E-state index in [1.54, 1.807) is 67.6 Å². The van der Waals surface area contributed by atoms with Crippen molar-refractivity contribution < 1.29 is 57.3 Å². The van der Waals surface area contributed by atoms with Crippen molar-refractivity contribution in [1.29, 1.82) is 0 Å². The summed E-state index contributed by atoms with van der Waals surface area (Å²) in [5, 5.41) is 4.05. The van der Waals surface area contributed by atoms with Crippen LogP contribution in [-0.2, 0) is 65.7 Å². The number of hydrogen-bond acceptors (Lipinski definition) is 12. The third kappa shape index (κ3) is 9.45. The average molecular weight is 640 g/mol. The van der Waals surface area contributed by atoms with Crippen molar-refractivity contribution in [3.05, 3.63) is 71.8 Å². The summed E-state index contributed by atoms with van der Waals surface area (Å²) in [6.45, 7) is 2.29. The fourth-order valence-electron chi connectivity index (χ4n) is 4.22. The van der Waals surface area contributed by atoms with Crippen molar-refractivity contribution in [2.75, 3.05) is 13.2 Å². The van der Waals surface area contributed by atoms with Crippen LogP contribution in [0.3, 0.4) is 0 Å². The van der Waals surface area contributed by atoms with Gasteiger partial charge in [-0.25, -0.2) is 9.69 Å². The summed E-state index contributed by atoms with van der Waals surface area (Å²) in [5.74, 6) is -6.09. The zero-order valence-corrected chi connectivity index (χ0v) is 25.1. The molecule has 15 nitrogen and oxygen atoms in total. The van der Waals surface area contributed by atoms with Crippen LogP contribution < -0.4 is 10.6 Å². The largest absolute Gasteiger partial charge is 0.465 e. The minimum absolute atomic E-state index is 0.0839. The van der Waals surface area contributed by atoms with Crippen LogP contribution in [0.2, 0.25) is 0 Å². The number of carbonyl (C=O) groups excluding carboxylic acids is 8. The van der Waals surface area contributed by atoms with E-state index >= 15 is 0 Å². The predicted molar refractivity (Wildman–Crippen MR) is 154 cm³/mol. The van der Waals surface area contributed by atoms with Crippen molar-refractivity contribution in [3.63, 3.8) is 0 Å². The fraction of sp³-hybridized carbons (Fsp3) is 0.355. The van der Waals surface area contributed by atoms with Crippen LogP contribution in [0.1, 0.15) is 44.2 Å². The number of hydrogen-bond donors (Lipinski definition) is 2. The molecule has 2 N–H and O–H groups in total. The summed E-state index contributed by atoms with van der Waals surface area (Å²) in [6, 6.07) is 17.5. The van der Waals surface area contributed by atoms with E-state index in [4.69, 9.17) is 14.2 Å². The molecule has 0 saturated carbocycles. The lowest BCUT2D eigenvalue weighted by Crippen LogP contribution is -2.60. The lowest BCUT2D eigenvalue weighted by molar-refractivity contribution is -0.187. The Labute approximate surface area is 263 Å². The molecule has 4 rings (SSSR count). The molecule has 46 heavy (non-hydrogen) atoms. The van der Waals surface area contributed by atoms with Crippen LogP contribution in [0.4, 0.5) is 4.79 Å². The molecule has 0 bridgehead atoms. The quantitative estimate of drug-likeness (QED) is 0.117. The van der Waals surface area contributed by atoms with Gasteiger partial charge in [-0.1, -0.05) is 67.6 Å². The Balaban J connectivity index is 0.000000402. The first-order valence-corrected chi connectivity index (χ1v) is 14.2. The highest BCUT2D eigenvalue weighted by Crippen LogP contribution is 2.29. The van der Waals surface area contributed by atoms with Gasteiger partial charge in [-0.3, -0.25) is 44.2 Å². The van der Waals surface area contributed by atoms with E-state index < -0.39 is 72.2 Å². The maximum atomic E-state index is 13.1. The van der Waals surface area contributed by atoms with E-state index in [0.29, 0.717) is 16.0 Å². The van der Waals surface area contributed by atoms with Gasteiger partial charge in [0.1, 0.15) is 25.7 Å². The van der Waals surface area contributed by atoms with E-state index in [1.165, 1.54) is 6.92 Å². The minimum atomic E-state index is -2.37. The number of carbonyl (C=O) groups is 8. The molecule has 2 saturated heterocycles. The smallest absolute Gasteiger partial charge is 0.414 e. The van der Waals surface area contributed by atoms with E-state index in [0.717, 1.165) is 0 Å². The van der Waals surface area contributed by atoms with Crippen molar-refractivity contribution >= 4 is 47.6 Å². The molecule has 2 aliphatic rings. The van der Waals surface area contributed by atoms with Crippen LogP contribution in [-0.4, -0.2) is 71.4 Å². The normalized spacial score (nSPS) is 18.3. The standard InChI is InChI=1S/C24H24N2O8.C7H9NO4/c1-2-20(28)34-24(13-19(27)25-22(24)30)26(23(31)33-16-18-11-7-4-8-12-18)14-21(29)32-15-17-9-5-3-6-10-17;1-2-12-7(11)4-3-5(9)8-6(4)10/h3-12H,2,13-16H2,1H3,(H,25,27,30);4H,2-3H2,1H3,(H,8,9,10). The molecule has 2 atom stereocenters. The lowest BCUT2D eigenvalue weighted by atomic mass is 10.1. The number of nitrogens with one attached hydrogen (secondary N) is 2. The van der Waals surface area contributed by atoms with Crippen LogP contribution in [0.5, 0.6) is 0 Å². The number of rotatable bonds is 11. The highest BCUT2D eigenvalue weighted by atomic mass is 16.6. The van der Waals surface area contributed by atoms with Crippen molar-refractivity contribution in [2.45, 2.75) is 52.0 Å². The van der Waals surface area contributed by atoms with Gasteiger partial charge in [0.05, 0.1) is 13.0 Å². The maximum Gasteiger partial charge on any atom is 0.414 e. The number of esters is 3. The van der Waals surface area contributed by atoms with Gasteiger partial charge in [0.2, 0.25) is 17.7 Å². The molecule has 0 aliphatic carbocycles. The van der Waals surface area contributed by atoms with Crippen molar-refractivity contribution in [2.24, 2.45) is 5.92 Å². The molecule has 5 amide bonds. The van der Waals surface area contributed by atoms with Gasteiger partial charge in [0, 0.05) is 12.8 Å². The van der Waals surface area contributed by atoms with Gasteiger partial charge in [0.15, 0.2) is 0 Å². The van der Waals surface area contributed by atoms with E-state index in [-0.39, 0.29) is 32.7 Å². The van der Waals surface area contributed by atoms with Crippen molar-refractivity contribution in [3.8, 4) is 0 Å². The van der Waals surface area contributed by atoms with E-state index in [2.05, 4.69) is 4.74 Å². The Kier molecular flexibility index (Phi) is 12.5.